The lowest BCUT2D eigenvalue weighted by Crippen LogP contribution is -2.41. The summed E-state index contributed by atoms with van der Waals surface area (Å²) in [5.74, 6) is -0.847. The summed E-state index contributed by atoms with van der Waals surface area (Å²) in [6.45, 7) is 0. The molecule has 4 rings (SSSR count). The van der Waals surface area contributed by atoms with Gasteiger partial charge in [-0.2, -0.15) is 13.2 Å². The molecule has 2 N–H and O–H groups in total. The Labute approximate surface area is 176 Å². The molecule has 0 spiro atoms. The van der Waals surface area contributed by atoms with E-state index in [1.807, 2.05) is 0 Å². The third kappa shape index (κ3) is 4.95. The summed E-state index contributed by atoms with van der Waals surface area (Å²) < 4.78 is 53.3. The molecule has 1 aliphatic rings. The van der Waals surface area contributed by atoms with Crippen LogP contribution < -0.4 is 10.6 Å². The minimum atomic E-state index is -4.55. The summed E-state index contributed by atoms with van der Waals surface area (Å²) >= 11 is 0. The lowest BCUT2D eigenvalue weighted by atomic mass is 9.90. The highest BCUT2D eigenvalue weighted by atomic mass is 19.4. The number of carbonyl (C=O) groups excluding carboxylic acids is 1. The van der Waals surface area contributed by atoms with Gasteiger partial charge in [-0.3, -0.25) is 4.79 Å². The van der Waals surface area contributed by atoms with Gasteiger partial charge in [0.05, 0.1) is 5.52 Å². The van der Waals surface area contributed by atoms with Crippen molar-refractivity contribution in [1.29, 1.82) is 0 Å². The molecule has 0 saturated heterocycles. The maximum atomic E-state index is 13.4. The van der Waals surface area contributed by atoms with Crippen LogP contribution in [0.2, 0.25) is 0 Å². The molecular formula is C23H21F4N3O. The van der Waals surface area contributed by atoms with Gasteiger partial charge in [0.15, 0.2) is 0 Å². The van der Waals surface area contributed by atoms with Gasteiger partial charge >= 0.3 is 6.18 Å². The van der Waals surface area contributed by atoms with Crippen LogP contribution >= 0.6 is 0 Å². The van der Waals surface area contributed by atoms with Gasteiger partial charge in [0.1, 0.15) is 11.5 Å². The number of benzene rings is 2. The van der Waals surface area contributed by atoms with Gasteiger partial charge in [0.2, 0.25) is 0 Å². The minimum Gasteiger partial charge on any atom is -0.382 e. The summed E-state index contributed by atoms with van der Waals surface area (Å²) in [6.07, 6.45) is -1.66. The van der Waals surface area contributed by atoms with Crippen LogP contribution in [0.15, 0.2) is 54.6 Å². The standard InChI is InChI=1S/C23H21F4N3O/c24-15-6-3-5-14(11-15)22(31)29-17-8-4-7-16(12-17)28-20-13-21(23(25,26)27)30-19-10-2-1-9-18(19)20/h1-3,5-6,9-11,13,16-17H,4,7-8,12H2,(H,28,30)(H,29,31)/t16-,17+/m0/s1. The van der Waals surface area contributed by atoms with E-state index < -0.39 is 17.7 Å². The van der Waals surface area contributed by atoms with Gasteiger partial charge in [-0.05, 0) is 56.0 Å². The lowest BCUT2D eigenvalue weighted by Gasteiger charge is -2.31. The molecule has 4 nitrogen and oxygen atoms in total. The van der Waals surface area contributed by atoms with E-state index in [4.69, 9.17) is 0 Å². The van der Waals surface area contributed by atoms with Crippen LogP contribution in [-0.4, -0.2) is 23.0 Å². The third-order valence-corrected chi connectivity index (χ3v) is 5.46. The second-order valence-corrected chi connectivity index (χ2v) is 7.76. The number of rotatable bonds is 4. The van der Waals surface area contributed by atoms with Crippen molar-refractivity contribution in [2.45, 2.75) is 43.9 Å². The first kappa shape index (κ1) is 21.1. The number of aromatic nitrogens is 1. The molecule has 0 unspecified atom stereocenters. The van der Waals surface area contributed by atoms with E-state index >= 15 is 0 Å². The number of hydrogen-bond acceptors (Lipinski definition) is 3. The highest BCUT2D eigenvalue weighted by Gasteiger charge is 2.34. The molecule has 31 heavy (non-hydrogen) atoms. The van der Waals surface area contributed by atoms with Crippen LogP contribution in [-0.2, 0) is 6.18 Å². The SMILES string of the molecule is O=C(N[C@@H]1CCC[C@H](Nc2cc(C(F)(F)F)nc3ccccc23)C1)c1cccc(F)c1. The van der Waals surface area contributed by atoms with Crippen molar-refractivity contribution < 1.29 is 22.4 Å². The van der Waals surface area contributed by atoms with Crippen molar-refractivity contribution in [3.63, 3.8) is 0 Å². The Kier molecular flexibility index (Phi) is 5.80. The van der Waals surface area contributed by atoms with E-state index in [1.165, 1.54) is 18.2 Å². The maximum absolute atomic E-state index is 13.4. The second kappa shape index (κ2) is 8.53. The lowest BCUT2D eigenvalue weighted by molar-refractivity contribution is -0.140. The van der Waals surface area contributed by atoms with E-state index in [2.05, 4.69) is 15.6 Å². The summed E-state index contributed by atoms with van der Waals surface area (Å²) in [5.41, 5.74) is -0.0582. The molecule has 2 atom stereocenters. The number of amides is 1. The van der Waals surface area contributed by atoms with Crippen molar-refractivity contribution >= 4 is 22.5 Å². The number of fused-ring (bicyclic) bond motifs is 1. The summed E-state index contributed by atoms with van der Waals surface area (Å²) in [4.78, 5) is 16.2. The van der Waals surface area contributed by atoms with Gasteiger partial charge in [-0.1, -0.05) is 24.3 Å². The molecule has 1 amide bonds. The number of hydrogen-bond donors (Lipinski definition) is 2. The number of nitrogens with one attached hydrogen (secondary N) is 2. The summed E-state index contributed by atoms with van der Waals surface area (Å²) in [7, 11) is 0. The van der Waals surface area contributed by atoms with Gasteiger partial charge in [-0.15, -0.1) is 0 Å². The molecule has 2 aromatic carbocycles. The molecule has 1 heterocycles. The monoisotopic (exact) mass is 431 g/mol. The first-order chi connectivity index (χ1) is 14.8. The van der Waals surface area contributed by atoms with Crippen LogP contribution in [0.4, 0.5) is 23.2 Å². The number of pyridine rings is 1. The first-order valence-corrected chi connectivity index (χ1v) is 10.1. The largest absolute Gasteiger partial charge is 0.433 e. The Morgan fingerprint density at radius 2 is 1.77 bits per heavy atom. The highest BCUT2D eigenvalue weighted by molar-refractivity contribution is 5.94. The van der Waals surface area contributed by atoms with Crippen molar-refractivity contribution in [2.24, 2.45) is 0 Å². The summed E-state index contributed by atoms with van der Waals surface area (Å²) in [6, 6.07) is 12.9. The van der Waals surface area contributed by atoms with Crippen LogP contribution in [0, 0.1) is 5.82 Å². The van der Waals surface area contributed by atoms with E-state index in [9.17, 15) is 22.4 Å². The predicted octanol–water partition coefficient (Wildman–Crippen LogP) is 5.55. The Morgan fingerprint density at radius 3 is 2.55 bits per heavy atom. The average molecular weight is 431 g/mol. The zero-order valence-corrected chi connectivity index (χ0v) is 16.5. The number of anilines is 1. The van der Waals surface area contributed by atoms with Crippen LogP contribution in [0.3, 0.4) is 0 Å². The van der Waals surface area contributed by atoms with Crippen molar-refractivity contribution in [2.75, 3.05) is 5.32 Å². The fourth-order valence-corrected chi connectivity index (χ4v) is 4.01. The predicted molar refractivity (Wildman–Crippen MR) is 110 cm³/mol. The van der Waals surface area contributed by atoms with Crippen molar-refractivity contribution in [1.82, 2.24) is 10.3 Å². The average Bonchev–Trinajstić information content (AvgIpc) is 2.73. The van der Waals surface area contributed by atoms with E-state index in [0.717, 1.165) is 25.3 Å². The maximum Gasteiger partial charge on any atom is 0.433 e. The molecule has 0 bridgehead atoms. The van der Waals surface area contributed by atoms with Crippen LogP contribution in [0.25, 0.3) is 10.9 Å². The van der Waals surface area contributed by atoms with Gasteiger partial charge in [0, 0.05) is 28.7 Å². The molecule has 8 heteroatoms. The molecule has 0 radical (unpaired) electrons. The van der Waals surface area contributed by atoms with E-state index in [0.29, 0.717) is 17.5 Å². The Balaban J connectivity index is 1.51. The highest BCUT2D eigenvalue weighted by Crippen LogP contribution is 2.34. The number of halogens is 4. The number of carbonyl (C=O) groups is 1. The molecule has 1 saturated carbocycles. The quantitative estimate of drug-likeness (QED) is 0.533. The van der Waals surface area contributed by atoms with E-state index in [1.54, 1.807) is 30.3 Å². The van der Waals surface area contributed by atoms with Gasteiger partial charge < -0.3 is 10.6 Å². The van der Waals surface area contributed by atoms with E-state index in [-0.39, 0.29) is 29.1 Å². The molecule has 1 aliphatic carbocycles. The molecule has 0 aliphatic heterocycles. The zero-order chi connectivity index (χ0) is 22.0. The first-order valence-electron chi connectivity index (χ1n) is 10.1. The fraction of sp³-hybridized carbons (Fsp3) is 0.304. The smallest absolute Gasteiger partial charge is 0.382 e. The molecule has 1 fully saturated rings. The number of nitrogens with zero attached hydrogens (tertiary/aromatic N) is 1. The molecule has 1 aromatic heterocycles. The van der Waals surface area contributed by atoms with Gasteiger partial charge in [0.25, 0.3) is 5.91 Å². The number of para-hydroxylation sites is 1. The minimum absolute atomic E-state index is 0.113. The Hall–Kier alpha value is -3.16. The molecule has 162 valence electrons. The van der Waals surface area contributed by atoms with Crippen LogP contribution in [0.5, 0.6) is 0 Å². The second-order valence-electron chi connectivity index (χ2n) is 7.76. The fourth-order valence-electron chi connectivity index (χ4n) is 4.01. The third-order valence-electron chi connectivity index (χ3n) is 5.46. The normalized spacial score (nSPS) is 19.2. The number of alkyl halides is 3. The Morgan fingerprint density at radius 1 is 1.00 bits per heavy atom. The van der Waals surface area contributed by atoms with Crippen LogP contribution in [0.1, 0.15) is 41.7 Å². The Bertz CT molecular complexity index is 1100. The molecule has 3 aromatic rings. The zero-order valence-electron chi connectivity index (χ0n) is 16.5. The van der Waals surface area contributed by atoms with Crippen molar-refractivity contribution in [3.8, 4) is 0 Å². The van der Waals surface area contributed by atoms with Crippen molar-refractivity contribution in [3.05, 3.63) is 71.7 Å². The molecular weight excluding hydrogens is 410 g/mol. The van der Waals surface area contributed by atoms with Gasteiger partial charge in [-0.25, -0.2) is 9.37 Å². The topological polar surface area (TPSA) is 54.0 Å². The summed E-state index contributed by atoms with van der Waals surface area (Å²) in [5, 5.41) is 6.76.